The van der Waals surface area contributed by atoms with Crippen LogP contribution in [0.4, 0.5) is 10.5 Å². The van der Waals surface area contributed by atoms with Gasteiger partial charge in [-0.1, -0.05) is 44.5 Å². The highest BCUT2D eigenvalue weighted by Gasteiger charge is 2.12. The molecule has 0 unspecified atom stereocenters. The number of amides is 2. The van der Waals surface area contributed by atoms with Crippen molar-refractivity contribution in [2.75, 3.05) is 25.6 Å². The molecule has 146 valence electrons. The number of halogens is 1. The first-order valence-corrected chi connectivity index (χ1v) is 9.29. The predicted octanol–water partition coefficient (Wildman–Crippen LogP) is 5.24. The maximum atomic E-state index is 11.9. The number of methoxy groups -OCH3 is 1. The lowest BCUT2D eigenvalue weighted by Gasteiger charge is -2.19. The third-order valence-corrected chi connectivity index (χ3v) is 4.30. The van der Waals surface area contributed by atoms with Gasteiger partial charge in [-0.3, -0.25) is 0 Å². The molecule has 0 atom stereocenters. The number of carbonyl (C=O) groups is 1. The Balaban J connectivity index is 1.67. The van der Waals surface area contributed by atoms with Crippen LogP contribution in [0, 0.1) is 0 Å². The number of hydrogen-bond acceptors (Lipinski definition) is 3. The van der Waals surface area contributed by atoms with Crippen LogP contribution in [-0.2, 0) is 5.41 Å². The van der Waals surface area contributed by atoms with E-state index in [-0.39, 0.29) is 11.4 Å². The van der Waals surface area contributed by atoms with Crippen LogP contribution in [0.25, 0.3) is 0 Å². The SMILES string of the molecule is COc1ccc(NC(=O)NCCCOc2ccc(C(C)(C)C)cc2)cc1Cl. The van der Waals surface area contributed by atoms with Crippen molar-refractivity contribution in [1.82, 2.24) is 5.32 Å². The van der Waals surface area contributed by atoms with Gasteiger partial charge in [0.05, 0.1) is 18.7 Å². The fraction of sp³-hybridized carbons (Fsp3) is 0.381. The van der Waals surface area contributed by atoms with E-state index in [1.165, 1.54) is 5.56 Å². The van der Waals surface area contributed by atoms with Crippen LogP contribution in [-0.4, -0.2) is 26.3 Å². The Morgan fingerprint density at radius 3 is 2.41 bits per heavy atom. The van der Waals surface area contributed by atoms with Gasteiger partial charge in [-0.05, 0) is 47.7 Å². The molecule has 2 rings (SSSR count). The number of benzene rings is 2. The smallest absolute Gasteiger partial charge is 0.319 e. The highest BCUT2D eigenvalue weighted by atomic mass is 35.5. The summed E-state index contributed by atoms with van der Waals surface area (Å²) in [4.78, 5) is 11.9. The Bertz CT molecular complexity index is 755. The van der Waals surface area contributed by atoms with Gasteiger partial charge in [-0.2, -0.15) is 0 Å². The first-order valence-electron chi connectivity index (χ1n) is 8.91. The second-order valence-corrected chi connectivity index (χ2v) is 7.61. The molecule has 5 nitrogen and oxygen atoms in total. The van der Waals surface area contributed by atoms with Gasteiger partial charge in [0, 0.05) is 12.2 Å². The molecule has 2 amide bonds. The topological polar surface area (TPSA) is 59.6 Å². The zero-order valence-corrected chi connectivity index (χ0v) is 17.0. The molecule has 0 aromatic heterocycles. The molecule has 0 aliphatic rings. The molecule has 27 heavy (non-hydrogen) atoms. The van der Waals surface area contributed by atoms with Crippen LogP contribution in [0.15, 0.2) is 42.5 Å². The number of nitrogens with one attached hydrogen (secondary N) is 2. The summed E-state index contributed by atoms with van der Waals surface area (Å²) in [5.74, 6) is 1.40. The third kappa shape index (κ3) is 6.68. The Morgan fingerprint density at radius 2 is 1.81 bits per heavy atom. The second-order valence-electron chi connectivity index (χ2n) is 7.21. The highest BCUT2D eigenvalue weighted by molar-refractivity contribution is 6.32. The average molecular weight is 391 g/mol. The summed E-state index contributed by atoms with van der Waals surface area (Å²) in [6.45, 7) is 7.58. The lowest BCUT2D eigenvalue weighted by molar-refractivity contribution is 0.250. The van der Waals surface area contributed by atoms with E-state index >= 15 is 0 Å². The quantitative estimate of drug-likeness (QED) is 0.636. The molecule has 0 saturated carbocycles. The molecule has 0 heterocycles. The van der Waals surface area contributed by atoms with Crippen molar-refractivity contribution in [3.8, 4) is 11.5 Å². The molecule has 0 spiro atoms. The van der Waals surface area contributed by atoms with Crippen molar-refractivity contribution < 1.29 is 14.3 Å². The van der Waals surface area contributed by atoms with E-state index in [1.807, 2.05) is 12.1 Å². The number of urea groups is 1. The van der Waals surface area contributed by atoms with Gasteiger partial charge >= 0.3 is 6.03 Å². The van der Waals surface area contributed by atoms with Gasteiger partial charge in [-0.15, -0.1) is 0 Å². The van der Waals surface area contributed by atoms with Crippen molar-refractivity contribution in [1.29, 1.82) is 0 Å². The van der Waals surface area contributed by atoms with Crippen LogP contribution < -0.4 is 20.1 Å². The fourth-order valence-corrected chi connectivity index (χ4v) is 2.69. The van der Waals surface area contributed by atoms with Crippen LogP contribution in [0.1, 0.15) is 32.8 Å². The van der Waals surface area contributed by atoms with Crippen LogP contribution >= 0.6 is 11.6 Å². The molecule has 0 aliphatic carbocycles. The Kier molecular flexibility index (Phi) is 7.36. The lowest BCUT2D eigenvalue weighted by Crippen LogP contribution is -2.30. The minimum atomic E-state index is -0.286. The maximum Gasteiger partial charge on any atom is 0.319 e. The molecule has 6 heteroatoms. The van der Waals surface area contributed by atoms with Crippen molar-refractivity contribution in [2.45, 2.75) is 32.6 Å². The largest absolute Gasteiger partial charge is 0.495 e. The first kappa shape index (κ1) is 20.9. The van der Waals surface area contributed by atoms with Crippen LogP contribution in [0.3, 0.4) is 0 Å². The van der Waals surface area contributed by atoms with E-state index in [0.717, 1.165) is 5.75 Å². The van der Waals surface area contributed by atoms with Gasteiger partial charge in [-0.25, -0.2) is 4.79 Å². The summed E-state index contributed by atoms with van der Waals surface area (Å²) < 4.78 is 10.8. The summed E-state index contributed by atoms with van der Waals surface area (Å²) in [6.07, 6.45) is 0.706. The zero-order chi connectivity index (χ0) is 19.9. The molecule has 0 bridgehead atoms. The van der Waals surface area contributed by atoms with Gasteiger partial charge in [0.15, 0.2) is 0 Å². The molecular weight excluding hydrogens is 364 g/mol. The van der Waals surface area contributed by atoms with Gasteiger partial charge in [0.25, 0.3) is 0 Å². The molecule has 0 radical (unpaired) electrons. The third-order valence-electron chi connectivity index (χ3n) is 4.01. The number of hydrogen-bond donors (Lipinski definition) is 2. The zero-order valence-electron chi connectivity index (χ0n) is 16.3. The van der Waals surface area contributed by atoms with E-state index in [1.54, 1.807) is 25.3 Å². The maximum absolute atomic E-state index is 11.9. The molecule has 0 saturated heterocycles. The number of rotatable bonds is 7. The number of carbonyl (C=O) groups excluding carboxylic acids is 1. The normalized spacial score (nSPS) is 11.0. The highest BCUT2D eigenvalue weighted by Crippen LogP contribution is 2.27. The van der Waals surface area contributed by atoms with E-state index in [9.17, 15) is 4.79 Å². The average Bonchev–Trinajstić information content (AvgIpc) is 2.61. The Morgan fingerprint density at radius 1 is 1.11 bits per heavy atom. The lowest BCUT2D eigenvalue weighted by atomic mass is 9.87. The van der Waals surface area contributed by atoms with Crippen molar-refractivity contribution >= 4 is 23.3 Å². The summed E-state index contributed by atoms with van der Waals surface area (Å²) in [6, 6.07) is 12.9. The molecule has 0 fully saturated rings. The standard InChI is InChI=1S/C21H27ClN2O3/c1-21(2,3)15-6-9-17(10-7-15)27-13-5-12-23-20(25)24-16-8-11-19(26-4)18(22)14-16/h6-11,14H,5,12-13H2,1-4H3,(H2,23,24,25). The minimum Gasteiger partial charge on any atom is -0.495 e. The van der Waals surface area contributed by atoms with Gasteiger partial charge in [0.1, 0.15) is 11.5 Å². The molecule has 2 aromatic rings. The summed E-state index contributed by atoms with van der Waals surface area (Å²) in [5.41, 5.74) is 2.00. The Labute approximate surface area is 166 Å². The summed E-state index contributed by atoms with van der Waals surface area (Å²) >= 11 is 6.04. The van der Waals surface area contributed by atoms with Gasteiger partial charge < -0.3 is 20.1 Å². The summed E-state index contributed by atoms with van der Waals surface area (Å²) in [5, 5.41) is 5.97. The predicted molar refractivity (Wildman–Crippen MR) is 110 cm³/mol. The molecule has 2 N–H and O–H groups in total. The second kappa shape index (κ2) is 9.51. The van der Waals surface area contributed by atoms with Crippen LogP contribution in [0.2, 0.25) is 5.02 Å². The first-order chi connectivity index (χ1) is 12.8. The molecule has 2 aromatic carbocycles. The van der Waals surface area contributed by atoms with Gasteiger partial charge in [0.2, 0.25) is 0 Å². The Hall–Kier alpha value is -2.40. The van der Waals surface area contributed by atoms with E-state index < -0.39 is 0 Å². The van der Waals surface area contributed by atoms with Crippen molar-refractivity contribution in [3.63, 3.8) is 0 Å². The van der Waals surface area contributed by atoms with Crippen LogP contribution in [0.5, 0.6) is 11.5 Å². The fourth-order valence-electron chi connectivity index (χ4n) is 2.43. The number of anilines is 1. The molecular formula is C21H27ClN2O3. The van der Waals surface area contributed by atoms with E-state index in [4.69, 9.17) is 21.1 Å². The molecule has 0 aliphatic heterocycles. The van der Waals surface area contributed by atoms with Crippen molar-refractivity contribution in [2.24, 2.45) is 0 Å². The van der Waals surface area contributed by atoms with E-state index in [2.05, 4.69) is 43.5 Å². The van der Waals surface area contributed by atoms with E-state index in [0.29, 0.717) is 36.0 Å². The summed E-state index contributed by atoms with van der Waals surface area (Å²) in [7, 11) is 1.54. The van der Waals surface area contributed by atoms with Crippen molar-refractivity contribution in [3.05, 3.63) is 53.1 Å². The number of ether oxygens (including phenoxy) is 2. The minimum absolute atomic E-state index is 0.129. The monoisotopic (exact) mass is 390 g/mol.